The lowest BCUT2D eigenvalue weighted by Gasteiger charge is -2.37. The van der Waals surface area contributed by atoms with Crippen LogP contribution in [-0.2, 0) is 10.0 Å². The van der Waals surface area contributed by atoms with Crippen LogP contribution in [0.5, 0.6) is 5.75 Å². The van der Waals surface area contributed by atoms with Crippen LogP contribution in [0.3, 0.4) is 0 Å². The zero-order chi connectivity index (χ0) is 13.6. The van der Waals surface area contributed by atoms with Gasteiger partial charge in [-0.15, -0.1) is 0 Å². The fourth-order valence-electron chi connectivity index (χ4n) is 2.34. The second-order valence-electron chi connectivity index (χ2n) is 5.55. The molecule has 0 spiro atoms. The summed E-state index contributed by atoms with van der Waals surface area (Å²) in [5.74, 6) is 0.762. The van der Waals surface area contributed by atoms with Crippen molar-refractivity contribution in [3.05, 3.63) is 29.3 Å². The number of nitrogens with one attached hydrogen (secondary N) is 1. The molecule has 5 heteroatoms. The molecule has 18 heavy (non-hydrogen) atoms. The SMILES string of the molecule is Cc1ccc2c(c1)[C@@H](NS(C)(=O)=O)CC(C)(C)O2. The van der Waals surface area contributed by atoms with Gasteiger partial charge in [-0.25, -0.2) is 13.1 Å². The first kappa shape index (κ1) is 13.4. The predicted molar refractivity (Wildman–Crippen MR) is 71.2 cm³/mol. The maximum Gasteiger partial charge on any atom is 0.209 e. The van der Waals surface area contributed by atoms with Crippen molar-refractivity contribution >= 4 is 10.0 Å². The first-order chi connectivity index (χ1) is 8.16. The van der Waals surface area contributed by atoms with E-state index in [1.165, 1.54) is 6.26 Å². The van der Waals surface area contributed by atoms with Crippen molar-refractivity contribution in [2.75, 3.05) is 6.26 Å². The van der Waals surface area contributed by atoms with E-state index in [0.29, 0.717) is 6.42 Å². The Hall–Kier alpha value is -1.07. The minimum Gasteiger partial charge on any atom is -0.487 e. The fourth-order valence-corrected chi connectivity index (χ4v) is 3.06. The molecular formula is C13H19NO3S. The van der Waals surface area contributed by atoms with Crippen molar-refractivity contribution < 1.29 is 13.2 Å². The Morgan fingerprint density at radius 3 is 2.67 bits per heavy atom. The molecule has 0 radical (unpaired) electrons. The third-order valence-corrected chi connectivity index (χ3v) is 3.69. The molecule has 1 atom stereocenters. The monoisotopic (exact) mass is 269 g/mol. The predicted octanol–water partition coefficient (Wildman–Crippen LogP) is 2.15. The van der Waals surface area contributed by atoms with Gasteiger partial charge < -0.3 is 4.74 Å². The number of benzene rings is 1. The van der Waals surface area contributed by atoms with Crippen molar-refractivity contribution in [2.24, 2.45) is 0 Å². The standard InChI is InChI=1S/C13H19NO3S/c1-9-5-6-12-10(7-9)11(14-18(4,15)16)8-13(2,3)17-12/h5-7,11,14H,8H2,1-4H3/t11-/m0/s1. The Morgan fingerprint density at radius 1 is 1.39 bits per heavy atom. The second-order valence-corrected chi connectivity index (χ2v) is 7.33. The van der Waals surface area contributed by atoms with Crippen LogP contribution < -0.4 is 9.46 Å². The molecule has 0 unspecified atom stereocenters. The summed E-state index contributed by atoms with van der Waals surface area (Å²) in [6, 6.07) is 5.63. The van der Waals surface area contributed by atoms with Crippen molar-refractivity contribution in [3.8, 4) is 5.75 Å². The van der Waals surface area contributed by atoms with Gasteiger partial charge in [0.2, 0.25) is 10.0 Å². The molecule has 0 bridgehead atoms. The first-order valence-electron chi connectivity index (χ1n) is 5.93. The number of aryl methyl sites for hydroxylation is 1. The average molecular weight is 269 g/mol. The molecule has 1 N–H and O–H groups in total. The number of hydrogen-bond donors (Lipinski definition) is 1. The summed E-state index contributed by atoms with van der Waals surface area (Å²) in [6.07, 6.45) is 1.81. The molecule has 4 nitrogen and oxygen atoms in total. The lowest BCUT2D eigenvalue weighted by molar-refractivity contribution is 0.0702. The highest BCUT2D eigenvalue weighted by Gasteiger charge is 2.34. The van der Waals surface area contributed by atoms with Gasteiger partial charge in [0.15, 0.2) is 0 Å². The van der Waals surface area contributed by atoms with Gasteiger partial charge in [-0.3, -0.25) is 0 Å². The van der Waals surface area contributed by atoms with Gasteiger partial charge in [0.1, 0.15) is 11.4 Å². The minimum absolute atomic E-state index is 0.223. The first-order valence-corrected chi connectivity index (χ1v) is 7.82. The molecule has 1 aromatic rings. The van der Waals surface area contributed by atoms with Gasteiger partial charge in [-0.1, -0.05) is 17.7 Å². The number of sulfonamides is 1. The number of hydrogen-bond acceptors (Lipinski definition) is 3. The van der Waals surface area contributed by atoms with E-state index in [1.54, 1.807) is 0 Å². The van der Waals surface area contributed by atoms with Crippen LogP contribution in [0.1, 0.15) is 37.4 Å². The summed E-state index contributed by atoms with van der Waals surface area (Å²) in [7, 11) is -3.24. The van der Waals surface area contributed by atoms with Crippen molar-refractivity contribution in [1.29, 1.82) is 0 Å². The second kappa shape index (κ2) is 4.24. The van der Waals surface area contributed by atoms with E-state index in [9.17, 15) is 8.42 Å². The molecule has 2 rings (SSSR count). The third-order valence-electron chi connectivity index (χ3n) is 2.98. The van der Waals surface area contributed by atoms with Gasteiger partial charge in [0.25, 0.3) is 0 Å². The van der Waals surface area contributed by atoms with Gasteiger partial charge >= 0.3 is 0 Å². The van der Waals surface area contributed by atoms with E-state index < -0.39 is 10.0 Å². The zero-order valence-corrected chi connectivity index (χ0v) is 12.0. The van der Waals surface area contributed by atoms with Crippen LogP contribution in [-0.4, -0.2) is 20.3 Å². The van der Waals surface area contributed by atoms with E-state index in [2.05, 4.69) is 4.72 Å². The molecule has 0 saturated heterocycles. The molecule has 0 saturated carbocycles. The summed E-state index contributed by atoms with van der Waals surface area (Å²) >= 11 is 0. The number of ether oxygens (including phenoxy) is 1. The van der Waals surface area contributed by atoms with E-state index in [1.807, 2.05) is 39.0 Å². The minimum atomic E-state index is -3.24. The zero-order valence-electron chi connectivity index (χ0n) is 11.1. The Labute approximate surface area is 108 Å². The normalized spacial score (nSPS) is 22.1. The molecule has 100 valence electrons. The summed E-state index contributed by atoms with van der Waals surface area (Å²) in [6.45, 7) is 5.91. The Balaban J connectivity index is 2.45. The van der Waals surface area contributed by atoms with E-state index in [0.717, 1.165) is 16.9 Å². The van der Waals surface area contributed by atoms with Crippen LogP contribution in [0.25, 0.3) is 0 Å². The molecule has 0 fully saturated rings. The fraction of sp³-hybridized carbons (Fsp3) is 0.538. The Morgan fingerprint density at radius 2 is 2.06 bits per heavy atom. The Kier molecular flexibility index (Phi) is 3.15. The van der Waals surface area contributed by atoms with Crippen LogP contribution in [0, 0.1) is 6.92 Å². The van der Waals surface area contributed by atoms with Crippen molar-refractivity contribution in [1.82, 2.24) is 4.72 Å². The van der Waals surface area contributed by atoms with Crippen LogP contribution >= 0.6 is 0 Å². The highest BCUT2D eigenvalue weighted by molar-refractivity contribution is 7.88. The molecular weight excluding hydrogens is 250 g/mol. The van der Waals surface area contributed by atoms with Gasteiger partial charge in [0.05, 0.1) is 12.3 Å². The largest absolute Gasteiger partial charge is 0.487 e. The highest BCUT2D eigenvalue weighted by Crippen LogP contribution is 2.40. The van der Waals surface area contributed by atoms with Crippen LogP contribution in [0.4, 0.5) is 0 Å². The quantitative estimate of drug-likeness (QED) is 0.895. The van der Waals surface area contributed by atoms with Gasteiger partial charge in [-0.2, -0.15) is 0 Å². The van der Waals surface area contributed by atoms with E-state index in [4.69, 9.17) is 4.74 Å². The van der Waals surface area contributed by atoms with E-state index >= 15 is 0 Å². The lowest BCUT2D eigenvalue weighted by Crippen LogP contribution is -2.41. The molecule has 0 aliphatic carbocycles. The topological polar surface area (TPSA) is 55.4 Å². The third kappa shape index (κ3) is 3.03. The molecule has 1 aliphatic heterocycles. The summed E-state index contributed by atoms with van der Waals surface area (Å²) < 4.78 is 31.5. The van der Waals surface area contributed by atoms with Gasteiger partial charge in [0, 0.05) is 12.0 Å². The van der Waals surface area contributed by atoms with Gasteiger partial charge in [-0.05, 0) is 26.8 Å². The van der Waals surface area contributed by atoms with Crippen molar-refractivity contribution in [2.45, 2.75) is 38.8 Å². The number of rotatable bonds is 2. The Bertz CT molecular complexity index is 564. The molecule has 1 aromatic carbocycles. The van der Waals surface area contributed by atoms with Crippen LogP contribution in [0.15, 0.2) is 18.2 Å². The smallest absolute Gasteiger partial charge is 0.209 e. The summed E-state index contributed by atoms with van der Waals surface area (Å²) in [4.78, 5) is 0. The van der Waals surface area contributed by atoms with Crippen molar-refractivity contribution in [3.63, 3.8) is 0 Å². The molecule has 0 aromatic heterocycles. The highest BCUT2D eigenvalue weighted by atomic mass is 32.2. The molecule has 1 heterocycles. The number of fused-ring (bicyclic) bond motifs is 1. The van der Waals surface area contributed by atoms with E-state index in [-0.39, 0.29) is 11.6 Å². The maximum absolute atomic E-state index is 11.5. The average Bonchev–Trinajstić information content (AvgIpc) is 2.15. The lowest BCUT2D eigenvalue weighted by atomic mass is 9.89. The summed E-state index contributed by atoms with van der Waals surface area (Å²) in [5, 5.41) is 0. The molecule has 1 aliphatic rings. The van der Waals surface area contributed by atoms with Crippen LogP contribution in [0.2, 0.25) is 0 Å². The molecule has 0 amide bonds. The summed E-state index contributed by atoms with van der Waals surface area (Å²) in [5.41, 5.74) is 1.64. The maximum atomic E-state index is 11.5.